The Morgan fingerprint density at radius 3 is 2.78 bits per heavy atom. The monoisotopic (exact) mass is 264 g/mol. The molecule has 1 N–H and O–H groups in total. The molecule has 18 heavy (non-hydrogen) atoms. The SMILES string of the molecule is CCNC(C#N)(CSc1ccccc1F)C1CC1. The van der Waals surface area contributed by atoms with Gasteiger partial charge in [0.25, 0.3) is 0 Å². The van der Waals surface area contributed by atoms with Crippen molar-refractivity contribution in [2.45, 2.75) is 30.2 Å². The van der Waals surface area contributed by atoms with Gasteiger partial charge in [0.15, 0.2) is 0 Å². The Hall–Kier alpha value is -1.05. The lowest BCUT2D eigenvalue weighted by atomic mass is 9.98. The van der Waals surface area contributed by atoms with Crippen molar-refractivity contribution >= 4 is 11.8 Å². The van der Waals surface area contributed by atoms with Crippen molar-refractivity contribution in [2.24, 2.45) is 5.92 Å². The largest absolute Gasteiger partial charge is 0.299 e. The van der Waals surface area contributed by atoms with Crippen molar-refractivity contribution < 1.29 is 4.39 Å². The van der Waals surface area contributed by atoms with Crippen LogP contribution in [0.5, 0.6) is 0 Å². The number of hydrogen-bond donors (Lipinski definition) is 1. The summed E-state index contributed by atoms with van der Waals surface area (Å²) in [6.07, 6.45) is 2.19. The molecule has 0 heterocycles. The maximum absolute atomic E-state index is 13.5. The molecular formula is C14H17FN2S. The van der Waals surface area contributed by atoms with E-state index < -0.39 is 5.54 Å². The maximum atomic E-state index is 13.5. The van der Waals surface area contributed by atoms with Gasteiger partial charge in [0.05, 0.1) is 6.07 Å². The summed E-state index contributed by atoms with van der Waals surface area (Å²) in [7, 11) is 0. The van der Waals surface area contributed by atoms with Crippen LogP contribution < -0.4 is 5.32 Å². The maximum Gasteiger partial charge on any atom is 0.136 e. The number of halogens is 1. The Morgan fingerprint density at radius 1 is 1.50 bits per heavy atom. The molecule has 1 aromatic rings. The van der Waals surface area contributed by atoms with E-state index >= 15 is 0 Å². The van der Waals surface area contributed by atoms with Gasteiger partial charge in [-0.15, -0.1) is 11.8 Å². The van der Waals surface area contributed by atoms with Gasteiger partial charge in [0.1, 0.15) is 11.4 Å². The van der Waals surface area contributed by atoms with Gasteiger partial charge in [-0.05, 0) is 37.4 Å². The summed E-state index contributed by atoms with van der Waals surface area (Å²) in [6, 6.07) is 9.14. The Labute approximate surface area is 112 Å². The van der Waals surface area contributed by atoms with Crippen molar-refractivity contribution in [1.29, 1.82) is 5.26 Å². The lowest BCUT2D eigenvalue weighted by molar-refractivity contribution is 0.416. The topological polar surface area (TPSA) is 35.8 Å². The summed E-state index contributed by atoms with van der Waals surface area (Å²) in [4.78, 5) is 0.621. The minimum atomic E-state index is -0.498. The predicted octanol–water partition coefficient (Wildman–Crippen LogP) is 3.20. The number of nitrogens with one attached hydrogen (secondary N) is 1. The standard InChI is InChI=1S/C14H17FN2S/c1-2-17-14(9-16,11-7-8-11)10-18-13-6-4-3-5-12(13)15/h3-6,11,17H,2,7-8,10H2,1H3. The number of benzene rings is 1. The van der Waals surface area contributed by atoms with E-state index in [-0.39, 0.29) is 5.82 Å². The fourth-order valence-corrected chi connectivity index (χ4v) is 3.29. The van der Waals surface area contributed by atoms with Gasteiger partial charge in [-0.25, -0.2) is 4.39 Å². The smallest absolute Gasteiger partial charge is 0.136 e. The Kier molecular flexibility index (Phi) is 4.26. The van der Waals surface area contributed by atoms with Gasteiger partial charge in [-0.3, -0.25) is 5.32 Å². The summed E-state index contributed by atoms with van der Waals surface area (Å²) in [6.45, 7) is 2.77. The van der Waals surface area contributed by atoms with E-state index in [0.717, 1.165) is 19.4 Å². The van der Waals surface area contributed by atoms with Crippen LogP contribution in [-0.4, -0.2) is 17.8 Å². The molecule has 0 aliphatic heterocycles. The second-order valence-electron chi connectivity index (χ2n) is 4.61. The zero-order valence-corrected chi connectivity index (χ0v) is 11.3. The highest BCUT2D eigenvalue weighted by molar-refractivity contribution is 7.99. The van der Waals surface area contributed by atoms with Crippen LogP contribution in [-0.2, 0) is 0 Å². The number of nitriles is 1. The molecule has 2 nitrogen and oxygen atoms in total. The van der Waals surface area contributed by atoms with E-state index in [1.807, 2.05) is 13.0 Å². The molecule has 0 radical (unpaired) electrons. The Balaban J connectivity index is 2.06. The highest BCUT2D eigenvalue weighted by Gasteiger charge is 2.45. The van der Waals surface area contributed by atoms with Crippen molar-refractivity contribution in [3.63, 3.8) is 0 Å². The van der Waals surface area contributed by atoms with Crippen molar-refractivity contribution in [2.75, 3.05) is 12.3 Å². The van der Waals surface area contributed by atoms with Gasteiger partial charge in [0.2, 0.25) is 0 Å². The lowest BCUT2D eigenvalue weighted by Gasteiger charge is -2.27. The first kappa shape index (κ1) is 13.4. The minimum Gasteiger partial charge on any atom is -0.299 e. The van der Waals surface area contributed by atoms with Crippen molar-refractivity contribution in [3.05, 3.63) is 30.1 Å². The van der Waals surface area contributed by atoms with Crippen LogP contribution in [0.15, 0.2) is 29.2 Å². The average Bonchev–Trinajstić information content (AvgIpc) is 3.21. The molecule has 1 aromatic carbocycles. The zero-order chi connectivity index (χ0) is 13.0. The first-order valence-electron chi connectivity index (χ1n) is 6.25. The van der Waals surface area contributed by atoms with Gasteiger partial charge in [-0.2, -0.15) is 5.26 Å². The predicted molar refractivity (Wildman–Crippen MR) is 71.9 cm³/mol. The van der Waals surface area contributed by atoms with E-state index in [4.69, 9.17) is 0 Å². The summed E-state index contributed by atoms with van der Waals surface area (Å²) in [5.41, 5.74) is -0.498. The van der Waals surface area contributed by atoms with Gasteiger partial charge < -0.3 is 0 Å². The summed E-state index contributed by atoms with van der Waals surface area (Å²) < 4.78 is 13.5. The molecule has 1 fully saturated rings. The van der Waals surface area contributed by atoms with E-state index in [1.165, 1.54) is 17.8 Å². The van der Waals surface area contributed by atoms with Crippen LogP contribution in [0.3, 0.4) is 0 Å². The zero-order valence-electron chi connectivity index (χ0n) is 10.4. The quantitative estimate of drug-likeness (QED) is 0.801. The van der Waals surface area contributed by atoms with E-state index in [0.29, 0.717) is 16.6 Å². The highest BCUT2D eigenvalue weighted by Crippen LogP contribution is 2.42. The summed E-state index contributed by atoms with van der Waals surface area (Å²) >= 11 is 1.43. The number of thioether (sulfide) groups is 1. The van der Waals surface area contributed by atoms with E-state index in [9.17, 15) is 9.65 Å². The molecule has 96 valence electrons. The molecule has 0 amide bonds. The summed E-state index contributed by atoms with van der Waals surface area (Å²) in [5.74, 6) is 0.812. The van der Waals surface area contributed by atoms with Crippen LogP contribution in [0.1, 0.15) is 19.8 Å². The van der Waals surface area contributed by atoms with Crippen LogP contribution in [0.2, 0.25) is 0 Å². The van der Waals surface area contributed by atoms with Crippen LogP contribution in [0, 0.1) is 23.1 Å². The fraction of sp³-hybridized carbons (Fsp3) is 0.500. The minimum absolute atomic E-state index is 0.207. The molecule has 1 atom stereocenters. The molecule has 4 heteroatoms. The normalized spacial score (nSPS) is 18.1. The number of nitrogens with zero attached hydrogens (tertiary/aromatic N) is 1. The van der Waals surface area contributed by atoms with Crippen LogP contribution in [0.4, 0.5) is 4.39 Å². The molecule has 0 bridgehead atoms. The number of rotatable bonds is 6. The third-order valence-electron chi connectivity index (χ3n) is 3.26. The third-order valence-corrected chi connectivity index (χ3v) is 4.50. The second kappa shape index (κ2) is 5.73. The lowest BCUT2D eigenvalue weighted by Crippen LogP contribution is -2.48. The van der Waals surface area contributed by atoms with Gasteiger partial charge in [-0.1, -0.05) is 19.1 Å². The van der Waals surface area contributed by atoms with E-state index in [1.54, 1.807) is 12.1 Å². The molecule has 1 unspecified atom stereocenters. The number of hydrogen-bond acceptors (Lipinski definition) is 3. The molecule has 0 spiro atoms. The molecular weight excluding hydrogens is 247 g/mol. The average molecular weight is 264 g/mol. The molecule has 1 saturated carbocycles. The van der Waals surface area contributed by atoms with Crippen LogP contribution in [0.25, 0.3) is 0 Å². The molecule has 0 saturated heterocycles. The van der Waals surface area contributed by atoms with Gasteiger partial charge in [0, 0.05) is 10.6 Å². The highest BCUT2D eigenvalue weighted by atomic mass is 32.2. The molecule has 1 aliphatic rings. The van der Waals surface area contributed by atoms with E-state index in [2.05, 4.69) is 11.4 Å². The van der Waals surface area contributed by atoms with Crippen molar-refractivity contribution in [3.8, 4) is 6.07 Å². The summed E-state index contributed by atoms with van der Waals surface area (Å²) in [5, 5.41) is 12.7. The third kappa shape index (κ3) is 2.85. The first-order chi connectivity index (χ1) is 8.72. The second-order valence-corrected chi connectivity index (χ2v) is 5.62. The fourth-order valence-electron chi connectivity index (χ4n) is 2.12. The van der Waals surface area contributed by atoms with Crippen molar-refractivity contribution in [1.82, 2.24) is 5.32 Å². The van der Waals surface area contributed by atoms with Gasteiger partial charge >= 0.3 is 0 Å². The molecule has 0 aromatic heterocycles. The van der Waals surface area contributed by atoms with Crippen LogP contribution >= 0.6 is 11.8 Å². The molecule has 2 rings (SSSR count). The Morgan fingerprint density at radius 2 is 2.22 bits per heavy atom. The first-order valence-corrected chi connectivity index (χ1v) is 7.24. The molecule has 1 aliphatic carbocycles. The Bertz CT molecular complexity index is 453.